The first-order chi connectivity index (χ1) is 9.97. The number of rotatable bonds is 5. The number of aryl methyl sites for hydroxylation is 1. The minimum atomic E-state index is -0.470. The lowest BCUT2D eigenvalue weighted by molar-refractivity contribution is -0.117. The Morgan fingerprint density at radius 3 is 2.62 bits per heavy atom. The van der Waals surface area contributed by atoms with Crippen LogP contribution in [-0.2, 0) is 4.79 Å². The van der Waals surface area contributed by atoms with E-state index in [4.69, 9.17) is 11.1 Å². The molecule has 4 nitrogen and oxygen atoms in total. The Morgan fingerprint density at radius 2 is 2.05 bits per heavy atom. The van der Waals surface area contributed by atoms with Gasteiger partial charge in [-0.3, -0.25) is 9.78 Å². The number of halogens is 1. The molecular weight excluding hydrogens is 269 g/mol. The summed E-state index contributed by atoms with van der Waals surface area (Å²) in [5.74, 6) is -0.885. The van der Waals surface area contributed by atoms with Gasteiger partial charge in [0.05, 0.1) is 0 Å². The summed E-state index contributed by atoms with van der Waals surface area (Å²) in [5.41, 5.74) is 7.69. The standard InChI is InChI=1S/C16H16FN3O/c1-10-2-3-12(9-20-10)13-5-4-11(8-14(13)17)15(18)6-7-16(19)21/h2-5,8-9,18H,6-7H2,1H3,(H2,19,21). The van der Waals surface area contributed by atoms with Gasteiger partial charge in [-0.05, 0) is 31.0 Å². The minimum absolute atomic E-state index is 0.0874. The van der Waals surface area contributed by atoms with Crippen LogP contribution in [-0.4, -0.2) is 16.6 Å². The number of hydrogen-bond acceptors (Lipinski definition) is 3. The Bertz CT molecular complexity index is 680. The molecule has 0 unspecified atom stereocenters. The van der Waals surface area contributed by atoms with E-state index in [1.54, 1.807) is 24.4 Å². The van der Waals surface area contributed by atoms with Crippen molar-refractivity contribution in [2.24, 2.45) is 5.73 Å². The summed E-state index contributed by atoms with van der Waals surface area (Å²) in [6.45, 7) is 1.86. The van der Waals surface area contributed by atoms with E-state index in [9.17, 15) is 9.18 Å². The maximum Gasteiger partial charge on any atom is 0.217 e. The summed E-state index contributed by atoms with van der Waals surface area (Å²) in [4.78, 5) is 14.9. The summed E-state index contributed by atoms with van der Waals surface area (Å²) in [6.07, 6.45) is 1.91. The van der Waals surface area contributed by atoms with Crippen molar-refractivity contribution in [2.45, 2.75) is 19.8 Å². The fourth-order valence-electron chi connectivity index (χ4n) is 1.96. The van der Waals surface area contributed by atoms with Crippen molar-refractivity contribution in [1.29, 1.82) is 5.41 Å². The minimum Gasteiger partial charge on any atom is -0.370 e. The number of benzene rings is 1. The lowest BCUT2D eigenvalue weighted by Crippen LogP contribution is -2.12. The molecule has 0 spiro atoms. The third kappa shape index (κ3) is 3.72. The van der Waals surface area contributed by atoms with E-state index in [0.717, 1.165) is 5.69 Å². The molecule has 3 N–H and O–H groups in total. The molecule has 0 radical (unpaired) electrons. The number of carbonyl (C=O) groups is 1. The lowest BCUT2D eigenvalue weighted by atomic mass is 10.0. The Hall–Kier alpha value is -2.56. The molecule has 0 saturated heterocycles. The quantitative estimate of drug-likeness (QED) is 0.828. The van der Waals surface area contributed by atoms with Crippen LogP contribution in [0.3, 0.4) is 0 Å². The van der Waals surface area contributed by atoms with Crippen LogP contribution in [0.15, 0.2) is 36.5 Å². The average Bonchev–Trinajstić information content (AvgIpc) is 2.45. The van der Waals surface area contributed by atoms with Crippen molar-refractivity contribution in [3.63, 3.8) is 0 Å². The van der Waals surface area contributed by atoms with E-state index < -0.39 is 11.7 Å². The summed E-state index contributed by atoms with van der Waals surface area (Å²) in [7, 11) is 0. The van der Waals surface area contributed by atoms with Gasteiger partial charge >= 0.3 is 0 Å². The summed E-state index contributed by atoms with van der Waals surface area (Å²) in [5, 5.41) is 7.84. The van der Waals surface area contributed by atoms with Crippen molar-refractivity contribution in [3.05, 3.63) is 53.6 Å². The van der Waals surface area contributed by atoms with Crippen LogP contribution in [0.25, 0.3) is 11.1 Å². The topological polar surface area (TPSA) is 79.8 Å². The van der Waals surface area contributed by atoms with Gasteiger partial charge in [-0.2, -0.15) is 0 Å². The first-order valence-corrected chi connectivity index (χ1v) is 6.56. The maximum atomic E-state index is 14.2. The second-order valence-corrected chi connectivity index (χ2v) is 4.83. The molecule has 1 aromatic heterocycles. The number of pyridine rings is 1. The van der Waals surface area contributed by atoms with E-state index in [2.05, 4.69) is 4.98 Å². The van der Waals surface area contributed by atoms with E-state index in [-0.39, 0.29) is 18.6 Å². The molecule has 1 amide bonds. The predicted octanol–water partition coefficient (Wildman–Crippen LogP) is 2.83. The van der Waals surface area contributed by atoms with Gasteiger partial charge < -0.3 is 11.1 Å². The number of nitrogens with one attached hydrogen (secondary N) is 1. The molecule has 0 atom stereocenters. The molecule has 0 aliphatic carbocycles. The first kappa shape index (κ1) is 14.8. The van der Waals surface area contributed by atoms with Crippen molar-refractivity contribution >= 4 is 11.6 Å². The van der Waals surface area contributed by atoms with Gasteiger partial charge in [0.25, 0.3) is 0 Å². The smallest absolute Gasteiger partial charge is 0.217 e. The fourth-order valence-corrected chi connectivity index (χ4v) is 1.96. The second-order valence-electron chi connectivity index (χ2n) is 4.83. The fraction of sp³-hybridized carbons (Fsp3) is 0.188. The zero-order chi connectivity index (χ0) is 15.4. The number of carbonyl (C=O) groups excluding carboxylic acids is 1. The van der Waals surface area contributed by atoms with Gasteiger partial charge in [0.1, 0.15) is 5.82 Å². The highest BCUT2D eigenvalue weighted by molar-refractivity contribution is 6.00. The maximum absolute atomic E-state index is 14.2. The molecule has 1 aromatic carbocycles. The van der Waals surface area contributed by atoms with Gasteiger partial charge in [-0.1, -0.05) is 18.2 Å². The van der Waals surface area contributed by atoms with Gasteiger partial charge in [0.15, 0.2) is 0 Å². The lowest BCUT2D eigenvalue weighted by Gasteiger charge is -2.07. The molecule has 0 bridgehead atoms. The number of amides is 1. The van der Waals surface area contributed by atoms with Crippen molar-refractivity contribution < 1.29 is 9.18 Å². The zero-order valence-electron chi connectivity index (χ0n) is 11.7. The summed E-state index contributed by atoms with van der Waals surface area (Å²) >= 11 is 0. The van der Waals surface area contributed by atoms with Crippen LogP contribution in [0.1, 0.15) is 24.1 Å². The van der Waals surface area contributed by atoms with Crippen molar-refractivity contribution in [1.82, 2.24) is 4.98 Å². The van der Waals surface area contributed by atoms with Crippen LogP contribution in [0.5, 0.6) is 0 Å². The molecule has 0 fully saturated rings. The Labute approximate surface area is 122 Å². The number of aromatic nitrogens is 1. The zero-order valence-corrected chi connectivity index (χ0v) is 11.7. The number of nitrogens with zero attached hydrogens (tertiary/aromatic N) is 1. The molecule has 108 valence electrons. The van der Waals surface area contributed by atoms with Crippen LogP contribution in [0, 0.1) is 18.2 Å². The number of primary amides is 1. The molecule has 0 aliphatic rings. The molecule has 0 saturated carbocycles. The largest absolute Gasteiger partial charge is 0.370 e. The highest BCUT2D eigenvalue weighted by atomic mass is 19.1. The molecule has 2 rings (SSSR count). The normalized spacial score (nSPS) is 10.4. The van der Waals surface area contributed by atoms with E-state index in [0.29, 0.717) is 16.7 Å². The van der Waals surface area contributed by atoms with Crippen LogP contribution < -0.4 is 5.73 Å². The number of hydrogen-bond donors (Lipinski definition) is 2. The average molecular weight is 285 g/mol. The van der Waals surface area contributed by atoms with Gasteiger partial charge in [0, 0.05) is 35.2 Å². The second kappa shape index (κ2) is 6.26. The molecule has 21 heavy (non-hydrogen) atoms. The van der Waals surface area contributed by atoms with Gasteiger partial charge in [-0.25, -0.2) is 4.39 Å². The Morgan fingerprint density at radius 1 is 1.29 bits per heavy atom. The number of nitrogens with two attached hydrogens (primary N) is 1. The highest BCUT2D eigenvalue weighted by Gasteiger charge is 2.10. The molecular formula is C16H16FN3O. The predicted molar refractivity (Wildman–Crippen MR) is 79.6 cm³/mol. The monoisotopic (exact) mass is 285 g/mol. The third-order valence-electron chi connectivity index (χ3n) is 3.16. The van der Waals surface area contributed by atoms with E-state index in [1.165, 1.54) is 6.07 Å². The van der Waals surface area contributed by atoms with E-state index in [1.807, 2.05) is 13.0 Å². The Kier molecular flexibility index (Phi) is 4.42. The molecule has 2 aromatic rings. The first-order valence-electron chi connectivity index (χ1n) is 6.56. The van der Waals surface area contributed by atoms with Crippen LogP contribution in [0.4, 0.5) is 4.39 Å². The summed E-state index contributed by atoms with van der Waals surface area (Å²) in [6, 6.07) is 8.21. The van der Waals surface area contributed by atoms with Gasteiger partial charge in [0.2, 0.25) is 5.91 Å². The molecule has 1 heterocycles. The molecule has 0 aliphatic heterocycles. The summed E-state index contributed by atoms with van der Waals surface area (Å²) < 4.78 is 14.2. The molecule has 5 heteroatoms. The van der Waals surface area contributed by atoms with Gasteiger partial charge in [-0.15, -0.1) is 0 Å². The van der Waals surface area contributed by atoms with E-state index >= 15 is 0 Å². The van der Waals surface area contributed by atoms with Crippen molar-refractivity contribution in [3.8, 4) is 11.1 Å². The Balaban J connectivity index is 2.23. The van der Waals surface area contributed by atoms with Crippen LogP contribution >= 0.6 is 0 Å². The third-order valence-corrected chi connectivity index (χ3v) is 3.16. The SMILES string of the molecule is Cc1ccc(-c2ccc(C(=N)CCC(N)=O)cc2F)cn1. The highest BCUT2D eigenvalue weighted by Crippen LogP contribution is 2.23. The van der Waals surface area contributed by atoms with Crippen molar-refractivity contribution in [2.75, 3.05) is 0 Å². The van der Waals surface area contributed by atoms with Crippen LogP contribution in [0.2, 0.25) is 0 Å².